The first kappa shape index (κ1) is 35.5. The van der Waals surface area contributed by atoms with Crippen LogP contribution in [0.25, 0.3) is 0 Å². The molecule has 0 saturated heterocycles. The van der Waals surface area contributed by atoms with Crippen molar-refractivity contribution in [3.8, 4) is 12.3 Å². The molecule has 5 aliphatic rings. The molecule has 0 aliphatic heterocycles. The molecular weight excluding hydrogens is 572 g/mol. The molecule has 5 nitrogen and oxygen atoms in total. The van der Waals surface area contributed by atoms with Gasteiger partial charge in [0.1, 0.15) is 12.7 Å². The van der Waals surface area contributed by atoms with Gasteiger partial charge in [-0.25, -0.2) is 0 Å². The number of carbonyl (C=O) groups is 2. The number of carbonyl (C=O) groups excluding carboxylic acids is 1. The fraction of sp³-hybridized carbons (Fsp3) is 0.854. The SMILES string of the molecule is C#CCOCC[C@]12CC[C@@H](C(=C)C)[C@@H]1[C@H]1CC[C@@H]3[C@@]4(C)CC[C@H](OC(=O)CC(C)(C)CC(=O)O)C(C)(C)[C@@H]4CC[C@@]3(C)[C@]1(C)CC2. The highest BCUT2D eigenvalue weighted by Crippen LogP contribution is 2.78. The Morgan fingerprint density at radius 2 is 1.63 bits per heavy atom. The van der Waals surface area contributed by atoms with Gasteiger partial charge in [0.05, 0.1) is 12.8 Å². The Hall–Kier alpha value is -1.80. The Labute approximate surface area is 280 Å². The molecule has 5 aliphatic carbocycles. The Morgan fingerprint density at radius 1 is 0.913 bits per heavy atom. The molecule has 5 rings (SSSR count). The highest BCUT2D eigenvalue weighted by molar-refractivity contribution is 5.73. The molecule has 10 atom stereocenters. The first-order valence-corrected chi connectivity index (χ1v) is 18.4. The number of hydrogen-bond donors (Lipinski definition) is 1. The molecule has 0 radical (unpaired) electrons. The third kappa shape index (κ3) is 5.69. The second kappa shape index (κ2) is 12.3. The molecule has 5 heteroatoms. The third-order valence-corrected chi connectivity index (χ3v) is 15.6. The van der Waals surface area contributed by atoms with Crippen LogP contribution in [-0.4, -0.2) is 36.4 Å². The minimum absolute atomic E-state index is 0.0362. The van der Waals surface area contributed by atoms with Crippen LogP contribution in [0.4, 0.5) is 0 Å². The van der Waals surface area contributed by atoms with Crippen LogP contribution in [0.1, 0.15) is 139 Å². The number of esters is 1. The number of hydrogen-bond acceptors (Lipinski definition) is 4. The Kier molecular flexibility index (Phi) is 9.47. The van der Waals surface area contributed by atoms with Gasteiger partial charge < -0.3 is 14.6 Å². The molecule has 258 valence electrons. The van der Waals surface area contributed by atoms with Crippen molar-refractivity contribution >= 4 is 11.9 Å². The molecular formula is C41H64O5. The summed E-state index contributed by atoms with van der Waals surface area (Å²) in [7, 11) is 0. The van der Waals surface area contributed by atoms with Crippen molar-refractivity contribution in [2.24, 2.45) is 62.1 Å². The standard InChI is InChI=1S/C41H64O5/c1-11-23-45-24-22-41-19-14-28(27(2)3)35(41)29-12-13-31-38(8)17-16-32(46-34(44)26-36(4,5)25-33(42)43)37(6,7)30(38)15-18-40(31,10)39(29,9)20-21-41/h1,28-32,35H,2,12-26H2,3-10H3,(H,42,43)/t28-,29+,30-,31+,32-,35+,38-,39+,40+,41+/m0/s1. The van der Waals surface area contributed by atoms with E-state index in [-0.39, 0.29) is 41.2 Å². The van der Waals surface area contributed by atoms with Crippen LogP contribution in [0, 0.1) is 74.4 Å². The average molecular weight is 637 g/mol. The summed E-state index contributed by atoms with van der Waals surface area (Å²) in [5.74, 6) is 4.67. The van der Waals surface area contributed by atoms with Crippen molar-refractivity contribution in [3.05, 3.63) is 12.2 Å². The lowest BCUT2D eigenvalue weighted by Gasteiger charge is -2.73. The number of carboxylic acids is 1. The van der Waals surface area contributed by atoms with Crippen molar-refractivity contribution in [3.63, 3.8) is 0 Å². The molecule has 0 amide bonds. The van der Waals surface area contributed by atoms with E-state index >= 15 is 0 Å². The van der Waals surface area contributed by atoms with Gasteiger partial charge in [-0.3, -0.25) is 9.59 Å². The Balaban J connectivity index is 1.38. The van der Waals surface area contributed by atoms with Crippen LogP contribution in [0.15, 0.2) is 12.2 Å². The van der Waals surface area contributed by atoms with E-state index in [1.807, 2.05) is 13.8 Å². The van der Waals surface area contributed by atoms with Crippen LogP contribution in [-0.2, 0) is 19.1 Å². The summed E-state index contributed by atoms with van der Waals surface area (Å²) in [4.78, 5) is 24.5. The number of terminal acetylenes is 1. The quantitative estimate of drug-likeness (QED) is 0.112. The lowest BCUT2D eigenvalue weighted by atomic mass is 9.32. The van der Waals surface area contributed by atoms with Crippen molar-refractivity contribution in [2.75, 3.05) is 13.2 Å². The van der Waals surface area contributed by atoms with Crippen LogP contribution in [0.3, 0.4) is 0 Å². The van der Waals surface area contributed by atoms with E-state index in [4.69, 9.17) is 15.9 Å². The monoisotopic (exact) mass is 636 g/mol. The molecule has 0 aromatic rings. The van der Waals surface area contributed by atoms with Crippen LogP contribution < -0.4 is 0 Å². The molecule has 0 spiro atoms. The summed E-state index contributed by atoms with van der Waals surface area (Å²) in [5, 5.41) is 9.31. The number of aliphatic carboxylic acids is 1. The van der Waals surface area contributed by atoms with Crippen LogP contribution in [0.5, 0.6) is 0 Å². The largest absolute Gasteiger partial charge is 0.481 e. The zero-order valence-electron chi connectivity index (χ0n) is 30.4. The average Bonchev–Trinajstić information content (AvgIpc) is 3.32. The third-order valence-electron chi connectivity index (χ3n) is 15.6. The fourth-order valence-corrected chi connectivity index (χ4v) is 13.4. The lowest BCUT2D eigenvalue weighted by molar-refractivity contribution is -0.251. The lowest BCUT2D eigenvalue weighted by Crippen LogP contribution is -2.66. The predicted octanol–water partition coefficient (Wildman–Crippen LogP) is 9.49. The van der Waals surface area contributed by atoms with Crippen molar-refractivity contribution < 1.29 is 24.2 Å². The zero-order chi connectivity index (χ0) is 33.9. The van der Waals surface area contributed by atoms with Crippen LogP contribution in [0.2, 0.25) is 0 Å². The molecule has 0 aromatic heterocycles. The summed E-state index contributed by atoms with van der Waals surface area (Å²) in [6.07, 6.45) is 18.7. The summed E-state index contributed by atoms with van der Waals surface area (Å²) >= 11 is 0. The molecule has 0 bridgehead atoms. The number of carboxylic acid groups (broad SMARTS) is 1. The topological polar surface area (TPSA) is 72.8 Å². The van der Waals surface area contributed by atoms with Gasteiger partial charge in [0.15, 0.2) is 0 Å². The van der Waals surface area contributed by atoms with Crippen LogP contribution >= 0.6 is 0 Å². The van der Waals surface area contributed by atoms with Gasteiger partial charge in [0.2, 0.25) is 0 Å². The summed E-state index contributed by atoms with van der Waals surface area (Å²) in [6.45, 7) is 24.4. The van der Waals surface area contributed by atoms with Gasteiger partial charge in [-0.05, 0) is 134 Å². The van der Waals surface area contributed by atoms with E-state index in [1.165, 1.54) is 56.9 Å². The highest BCUT2D eigenvalue weighted by atomic mass is 16.5. The van der Waals surface area contributed by atoms with E-state index in [0.29, 0.717) is 47.0 Å². The summed E-state index contributed by atoms with van der Waals surface area (Å²) in [5.41, 5.74) is 1.74. The van der Waals surface area contributed by atoms with E-state index in [2.05, 4.69) is 54.0 Å². The number of rotatable bonds is 10. The van der Waals surface area contributed by atoms with Gasteiger partial charge >= 0.3 is 11.9 Å². The fourth-order valence-electron chi connectivity index (χ4n) is 13.4. The Bertz CT molecular complexity index is 1240. The molecule has 5 saturated carbocycles. The summed E-state index contributed by atoms with van der Waals surface area (Å²) in [6, 6.07) is 0. The molecule has 0 heterocycles. The molecule has 0 unspecified atom stereocenters. The minimum Gasteiger partial charge on any atom is -0.481 e. The number of fused-ring (bicyclic) bond motifs is 7. The first-order chi connectivity index (χ1) is 21.4. The number of allylic oxidation sites excluding steroid dienone is 1. The first-order valence-electron chi connectivity index (χ1n) is 18.4. The second-order valence-corrected chi connectivity index (χ2v) is 18.8. The smallest absolute Gasteiger partial charge is 0.306 e. The van der Waals surface area contributed by atoms with Gasteiger partial charge in [-0.2, -0.15) is 0 Å². The predicted molar refractivity (Wildman–Crippen MR) is 184 cm³/mol. The molecule has 5 fully saturated rings. The zero-order valence-corrected chi connectivity index (χ0v) is 30.4. The molecule has 0 aromatic carbocycles. The maximum atomic E-state index is 13.2. The van der Waals surface area contributed by atoms with Crippen molar-refractivity contribution in [1.82, 2.24) is 0 Å². The normalized spacial score (nSPS) is 42.8. The van der Waals surface area contributed by atoms with E-state index in [9.17, 15) is 14.7 Å². The van der Waals surface area contributed by atoms with E-state index < -0.39 is 11.4 Å². The summed E-state index contributed by atoms with van der Waals surface area (Å²) < 4.78 is 12.2. The van der Waals surface area contributed by atoms with E-state index in [1.54, 1.807) is 0 Å². The molecule has 1 N–H and O–H groups in total. The highest BCUT2D eigenvalue weighted by Gasteiger charge is 2.71. The van der Waals surface area contributed by atoms with Gasteiger partial charge in [-0.1, -0.05) is 66.5 Å². The van der Waals surface area contributed by atoms with E-state index in [0.717, 1.165) is 25.9 Å². The molecule has 46 heavy (non-hydrogen) atoms. The maximum Gasteiger partial charge on any atom is 0.306 e. The minimum atomic E-state index is -0.874. The second-order valence-electron chi connectivity index (χ2n) is 18.8. The van der Waals surface area contributed by atoms with Crippen molar-refractivity contribution in [2.45, 2.75) is 145 Å². The van der Waals surface area contributed by atoms with Gasteiger partial charge in [0.25, 0.3) is 0 Å². The van der Waals surface area contributed by atoms with Gasteiger partial charge in [0, 0.05) is 12.0 Å². The van der Waals surface area contributed by atoms with Crippen molar-refractivity contribution in [1.29, 1.82) is 0 Å². The Morgan fingerprint density at radius 3 is 2.28 bits per heavy atom. The maximum absolute atomic E-state index is 13.2. The number of ether oxygens (including phenoxy) is 2. The van der Waals surface area contributed by atoms with Gasteiger partial charge in [-0.15, -0.1) is 6.42 Å².